The minimum atomic E-state index is -4.62. The highest BCUT2D eigenvalue weighted by Crippen LogP contribution is 2.49. The molecule has 3 aromatic rings. The number of carbonyl (C=O) groups excluding carboxylic acids is 1. The number of ketones is 1. The molecule has 0 radical (unpaired) electrons. The molecule has 1 atom stereocenters. The highest BCUT2D eigenvalue weighted by molar-refractivity contribution is 9.10. The number of nitriles is 1. The minimum absolute atomic E-state index is 0.0191. The van der Waals surface area contributed by atoms with E-state index in [1.165, 1.54) is 4.90 Å². The number of hydrogen-bond donors (Lipinski definition) is 1. The molecular weight excluding hydrogens is 631 g/mol. The van der Waals surface area contributed by atoms with Crippen LogP contribution in [0.2, 0.25) is 5.02 Å². The van der Waals surface area contributed by atoms with E-state index in [0.717, 1.165) is 44.9 Å². The monoisotopic (exact) mass is 655 g/mol. The molecule has 0 spiro atoms. The van der Waals surface area contributed by atoms with Gasteiger partial charge < -0.3 is 10.5 Å². The first kappa shape index (κ1) is 29.7. The van der Waals surface area contributed by atoms with Crippen molar-refractivity contribution in [2.24, 2.45) is 5.73 Å². The van der Waals surface area contributed by atoms with Gasteiger partial charge in [-0.25, -0.2) is 0 Å². The number of Topliss-reactive ketones (excluding diaryl/α,β-unsaturated/α-hetero) is 1. The Balaban J connectivity index is 1.66. The summed E-state index contributed by atoms with van der Waals surface area (Å²) in [5.41, 5.74) is 9.90. The fraction of sp³-hybridized carbons (Fsp3) is 0.250. The van der Waals surface area contributed by atoms with Crippen molar-refractivity contribution in [3.8, 4) is 11.8 Å². The molecule has 3 aromatic carbocycles. The fourth-order valence-corrected chi connectivity index (χ4v) is 6.10. The molecule has 5 rings (SSSR count). The standard InChI is InChI=1S/C32H26BrClF3N3O2/c1-17-12-19(16-42-22-9-7-21(33)8-10-22)18(2)23(13-17)29-24(15-38)31(39)40(26-4-3-5-28(41)30(26)29)27-14-20(32(35,36)37)6-11-25(27)34/h6-14,29H,3-5,16,39H2,1-2H3. The Morgan fingerprint density at radius 3 is 2.50 bits per heavy atom. The smallest absolute Gasteiger partial charge is 0.416 e. The number of rotatable bonds is 5. The molecule has 1 aliphatic carbocycles. The molecule has 10 heteroatoms. The van der Waals surface area contributed by atoms with Crippen LogP contribution in [0.15, 0.2) is 81.7 Å². The number of carbonyl (C=O) groups is 1. The maximum absolute atomic E-state index is 13.7. The zero-order valence-electron chi connectivity index (χ0n) is 22.8. The second kappa shape index (κ2) is 11.5. The SMILES string of the molecule is Cc1cc(COc2ccc(Br)cc2)c(C)c(C2C(C#N)=C(N)N(c3cc(C(F)(F)F)ccc3Cl)C3=C2C(=O)CCC3)c1. The van der Waals surface area contributed by atoms with Crippen LogP contribution in [0, 0.1) is 25.2 Å². The molecule has 1 heterocycles. The van der Waals surface area contributed by atoms with E-state index in [0.29, 0.717) is 29.9 Å². The zero-order chi connectivity index (χ0) is 30.3. The van der Waals surface area contributed by atoms with Crippen molar-refractivity contribution in [1.29, 1.82) is 5.26 Å². The van der Waals surface area contributed by atoms with Crippen LogP contribution >= 0.6 is 27.5 Å². The molecule has 0 fully saturated rings. The predicted octanol–water partition coefficient (Wildman–Crippen LogP) is 8.62. The second-order valence-electron chi connectivity index (χ2n) is 10.4. The van der Waals surface area contributed by atoms with E-state index in [2.05, 4.69) is 22.0 Å². The van der Waals surface area contributed by atoms with E-state index in [9.17, 15) is 23.2 Å². The number of benzene rings is 3. The first-order valence-electron chi connectivity index (χ1n) is 13.2. The molecule has 1 aliphatic heterocycles. The Hall–Kier alpha value is -3.74. The van der Waals surface area contributed by atoms with Crippen LogP contribution < -0.4 is 15.4 Å². The molecule has 0 amide bonds. The molecule has 0 bridgehead atoms. The maximum atomic E-state index is 13.7. The predicted molar refractivity (Wildman–Crippen MR) is 159 cm³/mol. The van der Waals surface area contributed by atoms with Crippen molar-refractivity contribution in [2.75, 3.05) is 4.90 Å². The van der Waals surface area contributed by atoms with Crippen molar-refractivity contribution in [3.63, 3.8) is 0 Å². The number of anilines is 1. The van der Waals surface area contributed by atoms with E-state index in [1.54, 1.807) is 0 Å². The number of halogens is 5. The lowest BCUT2D eigenvalue weighted by atomic mass is 9.73. The molecule has 216 valence electrons. The van der Waals surface area contributed by atoms with Crippen molar-refractivity contribution < 1.29 is 22.7 Å². The topological polar surface area (TPSA) is 79.3 Å². The minimum Gasteiger partial charge on any atom is -0.489 e. The lowest BCUT2D eigenvalue weighted by Crippen LogP contribution is -2.39. The van der Waals surface area contributed by atoms with Crippen LogP contribution in [0.4, 0.5) is 18.9 Å². The summed E-state index contributed by atoms with van der Waals surface area (Å²) >= 11 is 9.84. The third-order valence-electron chi connectivity index (χ3n) is 7.65. The van der Waals surface area contributed by atoms with Crippen molar-refractivity contribution in [2.45, 2.75) is 51.8 Å². The Morgan fingerprint density at radius 2 is 1.83 bits per heavy atom. The van der Waals surface area contributed by atoms with Crippen molar-refractivity contribution in [3.05, 3.63) is 115 Å². The summed E-state index contributed by atoms with van der Waals surface area (Å²) in [6, 6.07) is 16.5. The quantitative estimate of drug-likeness (QED) is 0.298. The Bertz CT molecular complexity index is 1690. The number of nitrogens with zero attached hydrogens (tertiary/aromatic N) is 2. The third-order valence-corrected chi connectivity index (χ3v) is 8.49. The van der Waals surface area contributed by atoms with Gasteiger partial charge in [0.25, 0.3) is 0 Å². The molecule has 0 aromatic heterocycles. The van der Waals surface area contributed by atoms with Gasteiger partial charge in [0, 0.05) is 22.2 Å². The number of hydrogen-bond acceptors (Lipinski definition) is 5. The van der Waals surface area contributed by atoms with Crippen molar-refractivity contribution in [1.82, 2.24) is 0 Å². The maximum Gasteiger partial charge on any atom is 0.416 e. The number of alkyl halides is 3. The Kier molecular flexibility index (Phi) is 8.15. The first-order valence-corrected chi connectivity index (χ1v) is 14.4. The summed E-state index contributed by atoms with van der Waals surface area (Å²) in [6.45, 7) is 4.08. The molecular formula is C32H26BrClF3N3O2. The largest absolute Gasteiger partial charge is 0.489 e. The molecule has 2 aliphatic rings. The van der Waals surface area contributed by atoms with E-state index >= 15 is 0 Å². The summed E-state index contributed by atoms with van der Waals surface area (Å²) in [5, 5.41) is 10.4. The van der Waals surface area contributed by atoms with Crippen LogP contribution in [0.25, 0.3) is 0 Å². The Morgan fingerprint density at radius 1 is 1.12 bits per heavy atom. The van der Waals surface area contributed by atoms with Gasteiger partial charge >= 0.3 is 6.18 Å². The van der Waals surface area contributed by atoms with Crippen LogP contribution in [-0.4, -0.2) is 5.78 Å². The normalized spacial score (nSPS) is 17.3. The zero-order valence-corrected chi connectivity index (χ0v) is 25.1. The highest BCUT2D eigenvalue weighted by atomic mass is 79.9. The number of allylic oxidation sites excluding steroid dienone is 3. The molecule has 42 heavy (non-hydrogen) atoms. The van der Waals surface area contributed by atoms with Gasteiger partial charge in [-0.1, -0.05) is 45.2 Å². The van der Waals surface area contributed by atoms with Gasteiger partial charge in [0.05, 0.1) is 33.8 Å². The molecule has 5 nitrogen and oxygen atoms in total. The van der Waals surface area contributed by atoms with Gasteiger partial charge in [0.15, 0.2) is 5.78 Å². The highest BCUT2D eigenvalue weighted by Gasteiger charge is 2.42. The molecule has 0 saturated heterocycles. The van der Waals surface area contributed by atoms with E-state index in [-0.39, 0.29) is 40.9 Å². The van der Waals surface area contributed by atoms with Crippen LogP contribution in [0.1, 0.15) is 53.0 Å². The van der Waals surface area contributed by atoms with Crippen LogP contribution in [0.5, 0.6) is 5.75 Å². The second-order valence-corrected chi connectivity index (χ2v) is 11.7. The van der Waals surface area contributed by atoms with Gasteiger partial charge in [-0.15, -0.1) is 0 Å². The molecule has 1 unspecified atom stereocenters. The average Bonchev–Trinajstić information content (AvgIpc) is 2.94. The van der Waals surface area contributed by atoms with Gasteiger partial charge in [-0.05, 0) is 85.8 Å². The lowest BCUT2D eigenvalue weighted by molar-refractivity contribution is -0.137. The Labute approximate surface area is 255 Å². The number of aryl methyl sites for hydroxylation is 1. The molecule has 2 N–H and O–H groups in total. The summed E-state index contributed by atoms with van der Waals surface area (Å²) in [5.74, 6) is -0.333. The van der Waals surface area contributed by atoms with E-state index in [4.69, 9.17) is 22.1 Å². The first-order chi connectivity index (χ1) is 19.9. The average molecular weight is 657 g/mol. The van der Waals surface area contributed by atoms with Crippen LogP contribution in [0.3, 0.4) is 0 Å². The third kappa shape index (κ3) is 5.53. The molecule has 0 saturated carbocycles. The van der Waals surface area contributed by atoms with E-state index < -0.39 is 17.7 Å². The summed E-state index contributed by atoms with van der Waals surface area (Å²) < 4.78 is 47.9. The summed E-state index contributed by atoms with van der Waals surface area (Å²) in [7, 11) is 0. The summed E-state index contributed by atoms with van der Waals surface area (Å²) in [4.78, 5) is 15.0. The summed E-state index contributed by atoms with van der Waals surface area (Å²) in [6.07, 6.45) is -3.50. The number of ether oxygens (including phenoxy) is 1. The van der Waals surface area contributed by atoms with Gasteiger partial charge in [0.2, 0.25) is 0 Å². The fourth-order valence-electron chi connectivity index (χ4n) is 5.64. The van der Waals surface area contributed by atoms with Gasteiger partial charge in [-0.3, -0.25) is 9.69 Å². The van der Waals surface area contributed by atoms with E-state index in [1.807, 2.05) is 50.2 Å². The van der Waals surface area contributed by atoms with Crippen LogP contribution in [-0.2, 0) is 17.6 Å². The van der Waals surface area contributed by atoms with Crippen molar-refractivity contribution >= 4 is 39.0 Å². The number of nitrogens with two attached hydrogens (primary N) is 1. The van der Waals surface area contributed by atoms with Gasteiger partial charge in [0.1, 0.15) is 18.2 Å². The lowest BCUT2D eigenvalue weighted by Gasteiger charge is -2.40. The van der Waals surface area contributed by atoms with Gasteiger partial charge in [-0.2, -0.15) is 18.4 Å².